The second kappa shape index (κ2) is 9.30. The fourth-order valence-electron chi connectivity index (χ4n) is 3.90. The summed E-state index contributed by atoms with van der Waals surface area (Å²) in [5.41, 5.74) is 4.05. The summed E-state index contributed by atoms with van der Waals surface area (Å²) in [5, 5.41) is 4.19. The zero-order valence-corrected chi connectivity index (χ0v) is 17.7. The van der Waals surface area contributed by atoms with Crippen molar-refractivity contribution < 1.29 is 14.4 Å². The standard InChI is InChI=1S/C24H29N3O3/c1-26(2)20-12-10-18(11-13-20)16-27(17-21-9-6-14-29-21)24(28)23-15-22(25-30-23)19-7-4-3-5-8-19/h3-5,7-8,10-13,21,23H,6,9,14-17H2,1-2H3. The average molecular weight is 408 g/mol. The molecule has 6 heteroatoms. The molecule has 0 spiro atoms. The van der Waals surface area contributed by atoms with E-state index >= 15 is 0 Å². The molecule has 1 fully saturated rings. The molecule has 4 rings (SSSR count). The summed E-state index contributed by atoms with van der Waals surface area (Å²) in [6.07, 6.45) is 2.03. The summed E-state index contributed by atoms with van der Waals surface area (Å²) in [4.78, 5) is 22.9. The summed E-state index contributed by atoms with van der Waals surface area (Å²) in [7, 11) is 4.04. The molecule has 2 unspecified atom stereocenters. The number of anilines is 1. The van der Waals surface area contributed by atoms with Gasteiger partial charge in [-0.2, -0.15) is 0 Å². The Hall–Kier alpha value is -2.86. The molecule has 0 saturated carbocycles. The van der Waals surface area contributed by atoms with Gasteiger partial charge in [-0.1, -0.05) is 47.6 Å². The first-order valence-corrected chi connectivity index (χ1v) is 10.5. The van der Waals surface area contributed by atoms with Gasteiger partial charge in [-0.25, -0.2) is 0 Å². The molecule has 158 valence electrons. The predicted molar refractivity (Wildman–Crippen MR) is 118 cm³/mol. The smallest absolute Gasteiger partial charge is 0.267 e. The van der Waals surface area contributed by atoms with Crippen LogP contribution in [0.4, 0.5) is 5.69 Å². The molecule has 2 aromatic carbocycles. The van der Waals surface area contributed by atoms with Crippen molar-refractivity contribution in [2.45, 2.75) is 38.0 Å². The van der Waals surface area contributed by atoms with E-state index in [1.54, 1.807) is 0 Å². The van der Waals surface area contributed by atoms with Crippen LogP contribution in [-0.4, -0.2) is 56.0 Å². The Morgan fingerprint density at radius 1 is 1.10 bits per heavy atom. The third-order valence-corrected chi connectivity index (χ3v) is 5.64. The van der Waals surface area contributed by atoms with Crippen LogP contribution >= 0.6 is 0 Å². The molecule has 1 amide bonds. The number of carbonyl (C=O) groups is 1. The SMILES string of the molecule is CN(C)c1ccc(CN(CC2CCCO2)C(=O)C2CC(c3ccccc3)=NO2)cc1. The molecule has 6 nitrogen and oxygen atoms in total. The second-order valence-corrected chi connectivity index (χ2v) is 8.12. The topological polar surface area (TPSA) is 54.4 Å². The van der Waals surface area contributed by atoms with Crippen LogP contribution in [-0.2, 0) is 20.9 Å². The number of benzene rings is 2. The zero-order valence-electron chi connectivity index (χ0n) is 17.7. The number of nitrogens with zero attached hydrogens (tertiary/aromatic N) is 3. The van der Waals surface area contributed by atoms with Crippen LogP contribution in [0.1, 0.15) is 30.4 Å². The van der Waals surface area contributed by atoms with Gasteiger partial charge in [-0.15, -0.1) is 0 Å². The first-order chi connectivity index (χ1) is 14.6. The minimum Gasteiger partial charge on any atom is -0.382 e. The van der Waals surface area contributed by atoms with Crippen molar-refractivity contribution in [3.05, 3.63) is 65.7 Å². The highest BCUT2D eigenvalue weighted by Gasteiger charge is 2.34. The number of ether oxygens (including phenoxy) is 1. The fourth-order valence-corrected chi connectivity index (χ4v) is 3.90. The second-order valence-electron chi connectivity index (χ2n) is 8.12. The Balaban J connectivity index is 1.45. The average Bonchev–Trinajstić information content (AvgIpc) is 3.46. The number of hydrogen-bond donors (Lipinski definition) is 0. The number of amides is 1. The van der Waals surface area contributed by atoms with E-state index in [4.69, 9.17) is 9.57 Å². The molecular formula is C24H29N3O3. The van der Waals surface area contributed by atoms with Gasteiger partial charge in [0.2, 0.25) is 6.10 Å². The maximum absolute atomic E-state index is 13.4. The van der Waals surface area contributed by atoms with Gasteiger partial charge >= 0.3 is 0 Å². The highest BCUT2D eigenvalue weighted by atomic mass is 16.6. The lowest BCUT2D eigenvalue weighted by atomic mass is 10.0. The molecule has 0 bridgehead atoms. The van der Waals surface area contributed by atoms with E-state index in [-0.39, 0.29) is 12.0 Å². The third-order valence-electron chi connectivity index (χ3n) is 5.64. The summed E-state index contributed by atoms with van der Waals surface area (Å²) in [5.74, 6) is -0.0307. The molecule has 30 heavy (non-hydrogen) atoms. The normalized spacial score (nSPS) is 20.5. The van der Waals surface area contributed by atoms with Crippen LogP contribution in [0.25, 0.3) is 0 Å². The van der Waals surface area contributed by atoms with Crippen molar-refractivity contribution in [2.75, 3.05) is 32.1 Å². The minimum atomic E-state index is -0.581. The number of rotatable bonds is 7. The van der Waals surface area contributed by atoms with E-state index in [2.05, 4.69) is 34.3 Å². The van der Waals surface area contributed by atoms with Gasteiger partial charge in [0.05, 0.1) is 11.8 Å². The number of hydrogen-bond acceptors (Lipinski definition) is 5. The third kappa shape index (κ3) is 4.82. The van der Waals surface area contributed by atoms with Crippen LogP contribution in [0.5, 0.6) is 0 Å². The highest BCUT2D eigenvalue weighted by Crippen LogP contribution is 2.22. The van der Waals surface area contributed by atoms with E-state index in [0.717, 1.165) is 42.0 Å². The van der Waals surface area contributed by atoms with E-state index < -0.39 is 6.10 Å². The maximum atomic E-state index is 13.4. The Morgan fingerprint density at radius 3 is 2.53 bits per heavy atom. The Kier molecular flexibility index (Phi) is 6.33. The summed E-state index contributed by atoms with van der Waals surface area (Å²) < 4.78 is 5.80. The van der Waals surface area contributed by atoms with Gasteiger partial charge in [0.25, 0.3) is 5.91 Å². The van der Waals surface area contributed by atoms with Crippen molar-refractivity contribution in [1.82, 2.24) is 4.90 Å². The van der Waals surface area contributed by atoms with Crippen molar-refractivity contribution in [2.24, 2.45) is 5.16 Å². The quantitative estimate of drug-likeness (QED) is 0.705. The molecule has 2 atom stereocenters. The van der Waals surface area contributed by atoms with Crippen molar-refractivity contribution >= 4 is 17.3 Å². The maximum Gasteiger partial charge on any atom is 0.267 e. The molecule has 2 aliphatic rings. The lowest BCUT2D eigenvalue weighted by molar-refractivity contribution is -0.144. The zero-order chi connectivity index (χ0) is 20.9. The van der Waals surface area contributed by atoms with Crippen LogP contribution in [0.15, 0.2) is 59.8 Å². The summed E-state index contributed by atoms with van der Waals surface area (Å²) in [6.45, 7) is 1.88. The lowest BCUT2D eigenvalue weighted by Crippen LogP contribution is -2.42. The number of carbonyl (C=O) groups excluding carboxylic acids is 1. The molecule has 0 N–H and O–H groups in total. The minimum absolute atomic E-state index is 0.0307. The van der Waals surface area contributed by atoms with Crippen molar-refractivity contribution in [3.8, 4) is 0 Å². The van der Waals surface area contributed by atoms with Crippen LogP contribution in [0, 0.1) is 0 Å². The first kappa shape index (κ1) is 20.4. The highest BCUT2D eigenvalue weighted by molar-refractivity contribution is 6.04. The molecule has 0 aromatic heterocycles. The molecule has 1 saturated heterocycles. The van der Waals surface area contributed by atoms with E-state index in [0.29, 0.717) is 19.5 Å². The van der Waals surface area contributed by atoms with Gasteiger partial charge in [0.1, 0.15) is 0 Å². The van der Waals surface area contributed by atoms with Gasteiger partial charge in [0.15, 0.2) is 0 Å². The molecule has 0 radical (unpaired) electrons. The summed E-state index contributed by atoms with van der Waals surface area (Å²) >= 11 is 0. The van der Waals surface area contributed by atoms with Gasteiger partial charge < -0.3 is 19.4 Å². The summed E-state index contributed by atoms with van der Waals surface area (Å²) in [6, 6.07) is 18.2. The Bertz CT molecular complexity index is 874. The van der Waals surface area contributed by atoms with E-state index in [1.807, 2.05) is 49.3 Å². The largest absolute Gasteiger partial charge is 0.382 e. The van der Waals surface area contributed by atoms with Crippen LogP contribution in [0.3, 0.4) is 0 Å². The Labute approximate surface area is 178 Å². The van der Waals surface area contributed by atoms with Crippen molar-refractivity contribution in [1.29, 1.82) is 0 Å². The molecule has 2 heterocycles. The molecule has 2 aromatic rings. The monoisotopic (exact) mass is 407 g/mol. The van der Waals surface area contributed by atoms with Gasteiger partial charge in [0, 0.05) is 45.9 Å². The predicted octanol–water partition coefficient (Wildman–Crippen LogP) is 3.45. The van der Waals surface area contributed by atoms with Crippen LogP contribution < -0.4 is 4.90 Å². The first-order valence-electron chi connectivity index (χ1n) is 10.5. The fraction of sp³-hybridized carbons (Fsp3) is 0.417. The number of oxime groups is 1. The van der Waals surface area contributed by atoms with Gasteiger partial charge in [-0.3, -0.25) is 4.79 Å². The molecule has 2 aliphatic heterocycles. The van der Waals surface area contributed by atoms with Crippen LogP contribution in [0.2, 0.25) is 0 Å². The van der Waals surface area contributed by atoms with Gasteiger partial charge in [-0.05, 0) is 36.1 Å². The molecular weight excluding hydrogens is 378 g/mol. The van der Waals surface area contributed by atoms with E-state index in [1.165, 1.54) is 0 Å². The van der Waals surface area contributed by atoms with Crippen molar-refractivity contribution in [3.63, 3.8) is 0 Å². The lowest BCUT2D eigenvalue weighted by Gasteiger charge is -2.27. The Morgan fingerprint density at radius 2 is 1.87 bits per heavy atom. The van der Waals surface area contributed by atoms with E-state index in [9.17, 15) is 4.79 Å². The molecule has 0 aliphatic carbocycles.